The zero-order valence-corrected chi connectivity index (χ0v) is 12.4. The van der Waals surface area contributed by atoms with Crippen molar-refractivity contribution in [3.63, 3.8) is 0 Å². The first-order valence-corrected chi connectivity index (χ1v) is 7.16. The summed E-state index contributed by atoms with van der Waals surface area (Å²) in [6, 6.07) is 13.5. The average molecular weight is 287 g/mol. The standard InChI is InChI=1S/C17H21NO3/c1-12(2)18-16(17(19)20)9-10-21-15-8-7-13-5-3-4-6-14(13)11-15/h3-8,11-12,16,18H,9-10H2,1-2H3,(H,19,20). The van der Waals surface area contributed by atoms with Gasteiger partial charge in [0.05, 0.1) is 6.61 Å². The highest BCUT2D eigenvalue weighted by Crippen LogP contribution is 2.20. The first kappa shape index (κ1) is 15.3. The first-order chi connectivity index (χ1) is 10.1. The summed E-state index contributed by atoms with van der Waals surface area (Å²) in [7, 11) is 0. The second kappa shape index (κ2) is 7.09. The van der Waals surface area contributed by atoms with Gasteiger partial charge in [-0.1, -0.05) is 44.2 Å². The Morgan fingerprint density at radius 3 is 2.57 bits per heavy atom. The molecule has 2 aromatic carbocycles. The number of hydrogen-bond acceptors (Lipinski definition) is 3. The molecule has 2 N–H and O–H groups in total. The maximum Gasteiger partial charge on any atom is 0.320 e. The van der Waals surface area contributed by atoms with Crippen molar-refractivity contribution < 1.29 is 14.6 Å². The van der Waals surface area contributed by atoms with Gasteiger partial charge in [-0.3, -0.25) is 4.79 Å². The molecule has 1 unspecified atom stereocenters. The minimum absolute atomic E-state index is 0.131. The SMILES string of the molecule is CC(C)NC(CCOc1ccc2ccccc2c1)C(=O)O. The van der Waals surface area contributed by atoms with Crippen molar-refractivity contribution in [1.82, 2.24) is 5.32 Å². The van der Waals surface area contributed by atoms with Gasteiger partial charge in [0.2, 0.25) is 0 Å². The summed E-state index contributed by atoms with van der Waals surface area (Å²) in [5.74, 6) is -0.0757. The van der Waals surface area contributed by atoms with Crippen molar-refractivity contribution in [2.45, 2.75) is 32.4 Å². The van der Waals surface area contributed by atoms with E-state index < -0.39 is 12.0 Å². The van der Waals surface area contributed by atoms with Crippen LogP contribution in [0.4, 0.5) is 0 Å². The van der Waals surface area contributed by atoms with E-state index in [1.807, 2.05) is 56.3 Å². The molecular formula is C17H21NO3. The predicted octanol–water partition coefficient (Wildman–Crippen LogP) is 3.06. The second-order valence-electron chi connectivity index (χ2n) is 5.36. The van der Waals surface area contributed by atoms with E-state index in [4.69, 9.17) is 9.84 Å². The van der Waals surface area contributed by atoms with Crippen LogP contribution < -0.4 is 10.1 Å². The van der Waals surface area contributed by atoms with E-state index in [0.717, 1.165) is 16.5 Å². The number of carboxylic acid groups (broad SMARTS) is 1. The monoisotopic (exact) mass is 287 g/mol. The van der Waals surface area contributed by atoms with E-state index in [-0.39, 0.29) is 6.04 Å². The van der Waals surface area contributed by atoms with Crippen LogP contribution in [0.25, 0.3) is 10.8 Å². The molecule has 0 aromatic heterocycles. The Morgan fingerprint density at radius 2 is 1.90 bits per heavy atom. The van der Waals surface area contributed by atoms with Crippen LogP contribution in [0.3, 0.4) is 0 Å². The summed E-state index contributed by atoms with van der Waals surface area (Å²) in [5, 5.41) is 14.4. The third-order valence-corrected chi connectivity index (χ3v) is 3.23. The molecule has 0 amide bonds. The molecule has 0 bridgehead atoms. The maximum atomic E-state index is 11.1. The molecule has 2 aromatic rings. The molecule has 0 heterocycles. The smallest absolute Gasteiger partial charge is 0.320 e. The van der Waals surface area contributed by atoms with Crippen molar-refractivity contribution in [2.24, 2.45) is 0 Å². The van der Waals surface area contributed by atoms with Crippen LogP contribution in [0.15, 0.2) is 42.5 Å². The lowest BCUT2D eigenvalue weighted by Gasteiger charge is -2.17. The zero-order chi connectivity index (χ0) is 15.2. The summed E-state index contributed by atoms with van der Waals surface area (Å²) in [6.45, 7) is 4.23. The summed E-state index contributed by atoms with van der Waals surface area (Å²) in [5.41, 5.74) is 0. The van der Waals surface area contributed by atoms with Gasteiger partial charge in [-0.25, -0.2) is 0 Å². The van der Waals surface area contributed by atoms with Crippen LogP contribution in [0.1, 0.15) is 20.3 Å². The van der Waals surface area contributed by atoms with Crippen LogP contribution in [-0.4, -0.2) is 29.8 Å². The normalized spacial score (nSPS) is 12.5. The molecule has 112 valence electrons. The molecule has 0 fully saturated rings. The Labute approximate surface area is 124 Å². The molecule has 0 aliphatic rings. The fraction of sp³-hybridized carbons (Fsp3) is 0.353. The second-order valence-corrected chi connectivity index (χ2v) is 5.36. The highest BCUT2D eigenvalue weighted by atomic mass is 16.5. The lowest BCUT2D eigenvalue weighted by Crippen LogP contribution is -2.41. The van der Waals surface area contributed by atoms with Gasteiger partial charge in [-0.15, -0.1) is 0 Å². The van der Waals surface area contributed by atoms with Gasteiger partial charge in [-0.2, -0.15) is 0 Å². The van der Waals surface area contributed by atoms with Crippen molar-refractivity contribution in [3.05, 3.63) is 42.5 Å². The molecule has 4 nitrogen and oxygen atoms in total. The fourth-order valence-electron chi connectivity index (χ4n) is 2.23. The molecule has 2 rings (SSSR count). The van der Waals surface area contributed by atoms with E-state index in [9.17, 15) is 4.79 Å². The zero-order valence-electron chi connectivity index (χ0n) is 12.4. The topological polar surface area (TPSA) is 58.6 Å². The third-order valence-electron chi connectivity index (χ3n) is 3.23. The quantitative estimate of drug-likeness (QED) is 0.821. The molecule has 0 radical (unpaired) electrons. The molecule has 0 saturated carbocycles. The summed E-state index contributed by atoms with van der Waals surface area (Å²) >= 11 is 0. The number of carboxylic acids is 1. The van der Waals surface area contributed by atoms with Crippen LogP contribution in [0.5, 0.6) is 5.75 Å². The van der Waals surface area contributed by atoms with E-state index >= 15 is 0 Å². The molecule has 1 atom stereocenters. The Kier molecular flexibility index (Phi) is 5.17. The fourth-order valence-corrected chi connectivity index (χ4v) is 2.23. The lowest BCUT2D eigenvalue weighted by atomic mass is 10.1. The molecule has 0 saturated heterocycles. The lowest BCUT2D eigenvalue weighted by molar-refractivity contribution is -0.140. The van der Waals surface area contributed by atoms with E-state index in [1.54, 1.807) is 0 Å². The van der Waals surface area contributed by atoms with Gasteiger partial charge < -0.3 is 15.2 Å². The minimum atomic E-state index is -0.842. The number of carbonyl (C=O) groups is 1. The van der Waals surface area contributed by atoms with Gasteiger partial charge in [0, 0.05) is 12.5 Å². The number of ether oxygens (including phenoxy) is 1. The van der Waals surface area contributed by atoms with Crippen molar-refractivity contribution in [3.8, 4) is 5.75 Å². The van der Waals surface area contributed by atoms with Gasteiger partial charge in [0.25, 0.3) is 0 Å². The van der Waals surface area contributed by atoms with Crippen molar-refractivity contribution in [2.75, 3.05) is 6.61 Å². The summed E-state index contributed by atoms with van der Waals surface area (Å²) in [4.78, 5) is 11.1. The predicted molar refractivity (Wildman–Crippen MR) is 83.8 cm³/mol. The van der Waals surface area contributed by atoms with Crippen LogP contribution in [0, 0.1) is 0 Å². The van der Waals surface area contributed by atoms with Gasteiger partial charge in [0.1, 0.15) is 11.8 Å². The maximum absolute atomic E-state index is 11.1. The Hall–Kier alpha value is -2.07. The molecular weight excluding hydrogens is 266 g/mol. The van der Waals surface area contributed by atoms with Gasteiger partial charge in [-0.05, 0) is 22.9 Å². The molecule has 4 heteroatoms. The number of benzene rings is 2. The molecule has 21 heavy (non-hydrogen) atoms. The Bertz CT molecular complexity index is 610. The Balaban J connectivity index is 1.93. The van der Waals surface area contributed by atoms with E-state index in [2.05, 4.69) is 5.32 Å². The molecule has 0 spiro atoms. The van der Waals surface area contributed by atoms with E-state index in [1.165, 1.54) is 0 Å². The highest BCUT2D eigenvalue weighted by Gasteiger charge is 2.17. The third kappa shape index (κ3) is 4.46. The number of aliphatic carboxylic acids is 1. The van der Waals surface area contributed by atoms with Crippen molar-refractivity contribution >= 4 is 16.7 Å². The average Bonchev–Trinajstić information content (AvgIpc) is 2.45. The van der Waals surface area contributed by atoms with E-state index in [0.29, 0.717) is 13.0 Å². The summed E-state index contributed by atoms with van der Waals surface area (Å²) < 4.78 is 5.67. The molecule has 0 aliphatic heterocycles. The number of fused-ring (bicyclic) bond motifs is 1. The molecule has 0 aliphatic carbocycles. The summed E-state index contributed by atoms with van der Waals surface area (Å²) in [6.07, 6.45) is 0.431. The highest BCUT2D eigenvalue weighted by molar-refractivity contribution is 5.83. The van der Waals surface area contributed by atoms with Gasteiger partial charge in [0.15, 0.2) is 0 Å². The van der Waals surface area contributed by atoms with Crippen LogP contribution in [0.2, 0.25) is 0 Å². The number of nitrogens with one attached hydrogen (secondary N) is 1. The number of rotatable bonds is 7. The van der Waals surface area contributed by atoms with Crippen LogP contribution in [-0.2, 0) is 4.79 Å². The van der Waals surface area contributed by atoms with Crippen molar-refractivity contribution in [1.29, 1.82) is 0 Å². The van der Waals surface area contributed by atoms with Crippen LogP contribution >= 0.6 is 0 Å². The van der Waals surface area contributed by atoms with Gasteiger partial charge >= 0.3 is 5.97 Å². The minimum Gasteiger partial charge on any atom is -0.493 e. The number of hydrogen-bond donors (Lipinski definition) is 2. The first-order valence-electron chi connectivity index (χ1n) is 7.16. The largest absolute Gasteiger partial charge is 0.493 e. The Morgan fingerprint density at radius 1 is 1.19 bits per heavy atom.